The zero-order valence-electron chi connectivity index (χ0n) is 6.57. The highest BCUT2D eigenvalue weighted by atomic mass is 16.5. The summed E-state index contributed by atoms with van der Waals surface area (Å²) in [6, 6.07) is 3.61. The van der Waals surface area contributed by atoms with Crippen LogP contribution in [0.5, 0.6) is 0 Å². The third kappa shape index (κ3) is 0.887. The maximum atomic E-state index is 5.57. The van der Waals surface area contributed by atoms with Gasteiger partial charge in [-0.3, -0.25) is 0 Å². The first-order valence-electron chi connectivity index (χ1n) is 3.54. The molecule has 2 aromatic heterocycles. The van der Waals surface area contributed by atoms with Gasteiger partial charge in [-0.05, 0) is 19.1 Å². The molecule has 0 fully saturated rings. The summed E-state index contributed by atoms with van der Waals surface area (Å²) >= 11 is 0. The second-order valence-electron chi connectivity index (χ2n) is 2.48. The lowest BCUT2D eigenvalue weighted by Gasteiger charge is -1.91. The smallest absolute Gasteiger partial charge is 0.178 e. The Hall–Kier alpha value is -1.71. The number of hydrogen-bond donors (Lipinski definition) is 1. The minimum atomic E-state index is 0.363. The number of nitrogens with zero attached hydrogens (tertiary/aromatic N) is 1. The number of aryl methyl sites for hydroxylation is 1. The van der Waals surface area contributed by atoms with Crippen LogP contribution >= 0.6 is 0 Å². The fourth-order valence-electron chi connectivity index (χ4n) is 1.11. The molecule has 0 saturated carbocycles. The molecule has 0 aliphatic heterocycles. The maximum Gasteiger partial charge on any atom is 0.178 e. The fraction of sp³-hybridized carbons (Fsp3) is 0.125. The van der Waals surface area contributed by atoms with E-state index in [4.69, 9.17) is 14.7 Å². The highest BCUT2D eigenvalue weighted by molar-refractivity contribution is 5.70. The van der Waals surface area contributed by atoms with Gasteiger partial charge in [0.05, 0.1) is 6.26 Å². The molecular formula is C8H8N2O2. The van der Waals surface area contributed by atoms with Gasteiger partial charge >= 0.3 is 0 Å². The van der Waals surface area contributed by atoms with E-state index in [0.717, 1.165) is 5.56 Å². The average molecular weight is 164 g/mol. The van der Waals surface area contributed by atoms with Crippen molar-refractivity contribution in [1.29, 1.82) is 0 Å². The molecule has 0 bridgehead atoms. The molecule has 0 radical (unpaired) electrons. The normalized spacial score (nSPS) is 10.4. The molecule has 0 saturated heterocycles. The first kappa shape index (κ1) is 6.97. The van der Waals surface area contributed by atoms with Crippen molar-refractivity contribution in [3.63, 3.8) is 0 Å². The molecule has 2 N–H and O–H groups in total. The van der Waals surface area contributed by atoms with E-state index in [1.165, 1.54) is 0 Å². The van der Waals surface area contributed by atoms with Gasteiger partial charge in [0, 0.05) is 0 Å². The number of aromatic nitrogens is 1. The number of nitrogens with two attached hydrogens (primary N) is 1. The molecule has 0 aliphatic rings. The Balaban J connectivity index is 2.60. The maximum absolute atomic E-state index is 5.57. The van der Waals surface area contributed by atoms with Crippen molar-refractivity contribution < 1.29 is 8.94 Å². The Labute approximate surface area is 69.0 Å². The van der Waals surface area contributed by atoms with Crippen molar-refractivity contribution in [3.8, 4) is 11.3 Å². The first-order valence-corrected chi connectivity index (χ1v) is 3.54. The molecule has 0 atom stereocenters. The standard InChI is InChI=1S/C8H8N2O2/c1-5-7(8(9)10-12-5)6-3-2-4-11-6/h2-4H,1H3,(H2,9,10). The van der Waals surface area contributed by atoms with Gasteiger partial charge in [0.1, 0.15) is 17.1 Å². The van der Waals surface area contributed by atoms with Crippen LogP contribution in [-0.4, -0.2) is 5.16 Å². The number of hydrogen-bond acceptors (Lipinski definition) is 4. The van der Waals surface area contributed by atoms with Crippen LogP contribution in [0, 0.1) is 6.92 Å². The Morgan fingerprint density at radius 3 is 2.83 bits per heavy atom. The Bertz CT molecular complexity index is 356. The third-order valence-corrected chi connectivity index (χ3v) is 1.66. The zero-order chi connectivity index (χ0) is 8.55. The lowest BCUT2D eigenvalue weighted by atomic mass is 10.2. The molecule has 4 nitrogen and oxygen atoms in total. The van der Waals surface area contributed by atoms with Gasteiger partial charge < -0.3 is 14.7 Å². The van der Waals surface area contributed by atoms with E-state index in [0.29, 0.717) is 17.3 Å². The molecule has 0 aliphatic carbocycles. The van der Waals surface area contributed by atoms with E-state index in [1.807, 2.05) is 6.07 Å². The highest BCUT2D eigenvalue weighted by Gasteiger charge is 2.13. The predicted molar refractivity (Wildman–Crippen MR) is 43.4 cm³/mol. The summed E-state index contributed by atoms with van der Waals surface area (Å²) in [5.41, 5.74) is 6.30. The van der Waals surface area contributed by atoms with E-state index >= 15 is 0 Å². The third-order valence-electron chi connectivity index (χ3n) is 1.66. The summed E-state index contributed by atoms with van der Waals surface area (Å²) in [7, 11) is 0. The molecule has 0 aromatic carbocycles. The minimum absolute atomic E-state index is 0.363. The number of anilines is 1. The first-order chi connectivity index (χ1) is 5.79. The summed E-state index contributed by atoms with van der Waals surface area (Å²) in [6.07, 6.45) is 1.58. The van der Waals surface area contributed by atoms with E-state index in [1.54, 1.807) is 19.3 Å². The summed E-state index contributed by atoms with van der Waals surface area (Å²) in [5.74, 6) is 1.72. The molecule has 0 unspecified atom stereocenters. The van der Waals surface area contributed by atoms with Crippen molar-refractivity contribution in [3.05, 3.63) is 24.2 Å². The van der Waals surface area contributed by atoms with Crippen molar-refractivity contribution in [1.82, 2.24) is 5.16 Å². The van der Waals surface area contributed by atoms with Gasteiger partial charge in [0.2, 0.25) is 0 Å². The van der Waals surface area contributed by atoms with Crippen LogP contribution in [0.4, 0.5) is 5.82 Å². The van der Waals surface area contributed by atoms with E-state index in [2.05, 4.69) is 5.16 Å². The predicted octanol–water partition coefficient (Wildman–Crippen LogP) is 1.83. The quantitative estimate of drug-likeness (QED) is 0.698. The fourth-order valence-corrected chi connectivity index (χ4v) is 1.11. The van der Waals surface area contributed by atoms with E-state index in [-0.39, 0.29) is 0 Å². The molecule has 0 spiro atoms. The monoisotopic (exact) mass is 164 g/mol. The molecule has 2 aromatic rings. The van der Waals surface area contributed by atoms with Crippen LogP contribution in [-0.2, 0) is 0 Å². The molecule has 2 rings (SSSR count). The summed E-state index contributed by atoms with van der Waals surface area (Å²) in [5, 5.41) is 3.61. The second kappa shape index (κ2) is 2.41. The molecular weight excluding hydrogens is 156 g/mol. The van der Waals surface area contributed by atoms with Crippen LogP contribution < -0.4 is 5.73 Å². The van der Waals surface area contributed by atoms with Gasteiger partial charge in [-0.15, -0.1) is 0 Å². The van der Waals surface area contributed by atoms with Crippen LogP contribution in [0.3, 0.4) is 0 Å². The molecule has 4 heteroatoms. The number of rotatable bonds is 1. The highest BCUT2D eigenvalue weighted by Crippen LogP contribution is 2.28. The number of nitrogen functional groups attached to an aromatic ring is 1. The number of furan rings is 1. The largest absolute Gasteiger partial charge is 0.464 e. The SMILES string of the molecule is Cc1onc(N)c1-c1ccco1. The van der Waals surface area contributed by atoms with E-state index < -0.39 is 0 Å². The van der Waals surface area contributed by atoms with Crippen LogP contribution in [0.25, 0.3) is 11.3 Å². The Kier molecular flexibility index (Phi) is 1.40. The van der Waals surface area contributed by atoms with Gasteiger partial charge in [0.15, 0.2) is 5.82 Å². The molecule has 12 heavy (non-hydrogen) atoms. The van der Waals surface area contributed by atoms with Crippen LogP contribution in [0.1, 0.15) is 5.76 Å². The van der Waals surface area contributed by atoms with Crippen LogP contribution in [0.2, 0.25) is 0 Å². The van der Waals surface area contributed by atoms with Gasteiger partial charge in [0.25, 0.3) is 0 Å². The average Bonchev–Trinajstić information content (AvgIpc) is 2.61. The Morgan fingerprint density at radius 1 is 1.50 bits per heavy atom. The van der Waals surface area contributed by atoms with Crippen molar-refractivity contribution in [2.75, 3.05) is 5.73 Å². The van der Waals surface area contributed by atoms with Gasteiger partial charge in [-0.1, -0.05) is 5.16 Å². The van der Waals surface area contributed by atoms with Gasteiger partial charge in [-0.25, -0.2) is 0 Å². The summed E-state index contributed by atoms with van der Waals surface area (Å²) in [4.78, 5) is 0. The topological polar surface area (TPSA) is 65.2 Å². The van der Waals surface area contributed by atoms with E-state index in [9.17, 15) is 0 Å². The molecule has 62 valence electrons. The molecule has 0 amide bonds. The van der Waals surface area contributed by atoms with Crippen LogP contribution in [0.15, 0.2) is 27.3 Å². The van der Waals surface area contributed by atoms with Gasteiger partial charge in [-0.2, -0.15) is 0 Å². The summed E-state index contributed by atoms with van der Waals surface area (Å²) < 4.78 is 10.0. The second-order valence-corrected chi connectivity index (χ2v) is 2.48. The van der Waals surface area contributed by atoms with Crippen molar-refractivity contribution in [2.24, 2.45) is 0 Å². The lowest BCUT2D eigenvalue weighted by molar-refractivity contribution is 0.400. The van der Waals surface area contributed by atoms with Crippen molar-refractivity contribution in [2.45, 2.75) is 6.92 Å². The minimum Gasteiger partial charge on any atom is -0.464 e. The lowest BCUT2D eigenvalue weighted by Crippen LogP contribution is -1.86. The zero-order valence-corrected chi connectivity index (χ0v) is 6.57. The summed E-state index contributed by atoms with van der Waals surface area (Å²) in [6.45, 7) is 1.79. The Morgan fingerprint density at radius 2 is 2.33 bits per heavy atom. The molecule has 2 heterocycles. The van der Waals surface area contributed by atoms with Crippen molar-refractivity contribution >= 4 is 5.82 Å².